The van der Waals surface area contributed by atoms with Crippen LogP contribution in [0.5, 0.6) is 0 Å². The third-order valence-corrected chi connectivity index (χ3v) is 3.88. The van der Waals surface area contributed by atoms with Gasteiger partial charge >= 0.3 is 6.03 Å². The van der Waals surface area contributed by atoms with Gasteiger partial charge in [0.25, 0.3) is 0 Å². The van der Waals surface area contributed by atoms with E-state index in [1.807, 2.05) is 11.9 Å². The van der Waals surface area contributed by atoms with E-state index in [1.54, 1.807) is 4.90 Å². The molecule has 0 bridgehead atoms. The van der Waals surface area contributed by atoms with Gasteiger partial charge in [-0.1, -0.05) is 6.92 Å². The first-order valence-electron chi connectivity index (χ1n) is 7.24. The monoisotopic (exact) mass is 254 g/mol. The van der Waals surface area contributed by atoms with Crippen molar-refractivity contribution in [2.45, 2.75) is 32.6 Å². The molecule has 4 heteroatoms. The number of carbonyl (C=O) groups is 1. The summed E-state index contributed by atoms with van der Waals surface area (Å²) in [5.74, 6) is 1.44. The predicted octanol–water partition coefficient (Wildman–Crippen LogP) is 2.20. The van der Waals surface area contributed by atoms with Gasteiger partial charge in [-0.25, -0.2) is 4.79 Å². The van der Waals surface area contributed by atoms with Crippen LogP contribution in [0.3, 0.4) is 0 Å². The SMILES string of the molecule is CC1CCCN(C(=O)N(C)CCOCC2CC2)C1. The maximum Gasteiger partial charge on any atom is 0.319 e. The second-order valence-corrected chi connectivity index (χ2v) is 5.92. The average Bonchev–Trinajstić information content (AvgIpc) is 3.17. The van der Waals surface area contributed by atoms with Gasteiger partial charge in [-0.15, -0.1) is 0 Å². The summed E-state index contributed by atoms with van der Waals surface area (Å²) < 4.78 is 5.57. The standard InChI is InChI=1S/C14H26N2O2/c1-12-4-3-7-16(10-12)14(17)15(2)8-9-18-11-13-5-6-13/h12-13H,3-11H2,1-2H3. The van der Waals surface area contributed by atoms with Gasteiger partial charge in [0.2, 0.25) is 0 Å². The molecule has 2 amide bonds. The maximum atomic E-state index is 12.2. The summed E-state index contributed by atoms with van der Waals surface area (Å²) in [5, 5.41) is 0. The molecule has 1 aliphatic carbocycles. The minimum Gasteiger partial charge on any atom is -0.379 e. The fraction of sp³-hybridized carbons (Fsp3) is 0.929. The Morgan fingerprint density at radius 1 is 1.39 bits per heavy atom. The molecular weight excluding hydrogens is 228 g/mol. The molecule has 104 valence electrons. The van der Waals surface area contributed by atoms with E-state index >= 15 is 0 Å². The average molecular weight is 254 g/mol. The van der Waals surface area contributed by atoms with Crippen LogP contribution in [0, 0.1) is 11.8 Å². The number of hydrogen-bond donors (Lipinski definition) is 0. The van der Waals surface area contributed by atoms with Crippen molar-refractivity contribution < 1.29 is 9.53 Å². The van der Waals surface area contributed by atoms with Gasteiger partial charge in [-0.3, -0.25) is 0 Å². The molecule has 1 heterocycles. The molecule has 0 N–H and O–H groups in total. The molecular formula is C14H26N2O2. The number of nitrogens with zero attached hydrogens (tertiary/aromatic N) is 2. The Balaban J connectivity index is 1.63. The van der Waals surface area contributed by atoms with E-state index in [2.05, 4.69) is 6.92 Å². The number of piperidine rings is 1. The maximum absolute atomic E-state index is 12.2. The van der Waals surface area contributed by atoms with Crippen LogP contribution < -0.4 is 0 Å². The van der Waals surface area contributed by atoms with Crippen molar-refractivity contribution in [1.82, 2.24) is 9.80 Å². The third kappa shape index (κ3) is 4.16. The van der Waals surface area contributed by atoms with E-state index in [9.17, 15) is 4.79 Å². The number of likely N-dealkylation sites (tertiary alicyclic amines) is 1. The Morgan fingerprint density at radius 3 is 2.83 bits per heavy atom. The number of ether oxygens (including phenoxy) is 1. The van der Waals surface area contributed by atoms with Crippen molar-refractivity contribution >= 4 is 6.03 Å². The lowest BCUT2D eigenvalue weighted by Gasteiger charge is -2.34. The topological polar surface area (TPSA) is 32.8 Å². The van der Waals surface area contributed by atoms with E-state index in [4.69, 9.17) is 4.74 Å². The Bertz CT molecular complexity index is 279. The molecule has 0 spiro atoms. The van der Waals surface area contributed by atoms with Gasteiger partial charge in [0.05, 0.1) is 6.61 Å². The first kappa shape index (κ1) is 13.7. The van der Waals surface area contributed by atoms with E-state index in [0.29, 0.717) is 19.1 Å². The van der Waals surface area contributed by atoms with Crippen LogP contribution in [0.4, 0.5) is 4.79 Å². The number of rotatable bonds is 5. The molecule has 0 aromatic carbocycles. The van der Waals surface area contributed by atoms with Crippen LogP contribution >= 0.6 is 0 Å². The Hall–Kier alpha value is -0.770. The molecule has 18 heavy (non-hydrogen) atoms. The van der Waals surface area contributed by atoms with E-state index in [1.165, 1.54) is 19.3 Å². The van der Waals surface area contributed by atoms with Crippen LogP contribution in [0.25, 0.3) is 0 Å². The van der Waals surface area contributed by atoms with Crippen LogP contribution in [-0.4, -0.2) is 55.7 Å². The van der Waals surface area contributed by atoms with Gasteiger partial charge in [0.15, 0.2) is 0 Å². The highest BCUT2D eigenvalue weighted by Crippen LogP contribution is 2.28. The molecule has 0 aromatic rings. The fourth-order valence-corrected chi connectivity index (χ4v) is 2.44. The van der Waals surface area contributed by atoms with Crippen molar-refractivity contribution in [2.75, 3.05) is 39.9 Å². The smallest absolute Gasteiger partial charge is 0.319 e. The van der Waals surface area contributed by atoms with Crippen LogP contribution in [0.1, 0.15) is 32.6 Å². The lowest BCUT2D eigenvalue weighted by atomic mass is 10.0. The van der Waals surface area contributed by atoms with Crippen molar-refractivity contribution in [3.8, 4) is 0 Å². The Morgan fingerprint density at radius 2 is 2.17 bits per heavy atom. The van der Waals surface area contributed by atoms with Crippen molar-refractivity contribution in [3.63, 3.8) is 0 Å². The zero-order chi connectivity index (χ0) is 13.0. The van der Waals surface area contributed by atoms with E-state index < -0.39 is 0 Å². The molecule has 0 radical (unpaired) electrons. The zero-order valence-corrected chi connectivity index (χ0v) is 11.7. The molecule has 1 saturated carbocycles. The summed E-state index contributed by atoms with van der Waals surface area (Å²) >= 11 is 0. The molecule has 1 atom stereocenters. The quantitative estimate of drug-likeness (QED) is 0.705. The highest BCUT2D eigenvalue weighted by Gasteiger charge is 2.24. The molecule has 1 saturated heterocycles. The van der Waals surface area contributed by atoms with E-state index in [0.717, 1.165) is 32.0 Å². The third-order valence-electron chi connectivity index (χ3n) is 3.88. The lowest BCUT2D eigenvalue weighted by molar-refractivity contribution is 0.0945. The van der Waals surface area contributed by atoms with Gasteiger partial charge in [-0.05, 0) is 37.5 Å². The molecule has 4 nitrogen and oxygen atoms in total. The number of carbonyl (C=O) groups excluding carboxylic acids is 1. The summed E-state index contributed by atoms with van der Waals surface area (Å²) in [6, 6.07) is 0.163. The molecule has 2 aliphatic rings. The molecule has 1 aliphatic heterocycles. The van der Waals surface area contributed by atoms with Crippen molar-refractivity contribution in [2.24, 2.45) is 11.8 Å². The largest absolute Gasteiger partial charge is 0.379 e. The Labute approximate surface area is 110 Å². The summed E-state index contributed by atoms with van der Waals surface area (Å²) in [4.78, 5) is 16.0. The highest BCUT2D eigenvalue weighted by molar-refractivity contribution is 5.74. The second-order valence-electron chi connectivity index (χ2n) is 5.92. The molecule has 1 unspecified atom stereocenters. The van der Waals surface area contributed by atoms with Crippen molar-refractivity contribution in [1.29, 1.82) is 0 Å². The second kappa shape index (κ2) is 6.41. The number of urea groups is 1. The normalized spacial score (nSPS) is 24.1. The summed E-state index contributed by atoms with van der Waals surface area (Å²) in [6.07, 6.45) is 5.03. The minimum absolute atomic E-state index is 0.163. The molecule has 2 fully saturated rings. The number of amides is 2. The fourth-order valence-electron chi connectivity index (χ4n) is 2.44. The van der Waals surface area contributed by atoms with Crippen LogP contribution in [-0.2, 0) is 4.74 Å². The number of hydrogen-bond acceptors (Lipinski definition) is 2. The van der Waals surface area contributed by atoms with Crippen molar-refractivity contribution in [3.05, 3.63) is 0 Å². The number of likely N-dealkylation sites (N-methyl/N-ethyl adjacent to an activating group) is 1. The minimum atomic E-state index is 0.163. The van der Waals surface area contributed by atoms with Gasteiger partial charge in [0, 0.05) is 33.3 Å². The Kier molecular flexibility index (Phi) is 4.87. The summed E-state index contributed by atoms with van der Waals surface area (Å²) in [7, 11) is 1.88. The molecule has 2 rings (SSSR count). The highest BCUT2D eigenvalue weighted by atomic mass is 16.5. The van der Waals surface area contributed by atoms with Gasteiger partial charge < -0.3 is 14.5 Å². The summed E-state index contributed by atoms with van der Waals surface area (Å²) in [6.45, 7) is 6.29. The first-order chi connectivity index (χ1) is 8.66. The van der Waals surface area contributed by atoms with Crippen LogP contribution in [0.15, 0.2) is 0 Å². The van der Waals surface area contributed by atoms with Gasteiger partial charge in [-0.2, -0.15) is 0 Å². The van der Waals surface area contributed by atoms with E-state index in [-0.39, 0.29) is 6.03 Å². The van der Waals surface area contributed by atoms with Gasteiger partial charge in [0.1, 0.15) is 0 Å². The van der Waals surface area contributed by atoms with Crippen LogP contribution in [0.2, 0.25) is 0 Å². The predicted molar refractivity (Wildman–Crippen MR) is 71.5 cm³/mol. The lowest BCUT2D eigenvalue weighted by Crippen LogP contribution is -2.46. The first-order valence-corrected chi connectivity index (χ1v) is 7.24. The molecule has 0 aromatic heterocycles. The summed E-state index contributed by atoms with van der Waals surface area (Å²) in [5.41, 5.74) is 0. The zero-order valence-electron chi connectivity index (χ0n) is 11.7.